The smallest absolute Gasteiger partial charge is 0.0509 e. The van der Waals surface area contributed by atoms with Crippen molar-refractivity contribution in [2.45, 2.75) is 12.4 Å². The van der Waals surface area contributed by atoms with Gasteiger partial charge in [0.15, 0.2) is 0 Å². The van der Waals surface area contributed by atoms with E-state index in [9.17, 15) is 0 Å². The van der Waals surface area contributed by atoms with Crippen LogP contribution in [-0.4, -0.2) is 12.0 Å². The Balaban J connectivity index is 2.24. The van der Waals surface area contributed by atoms with Crippen molar-refractivity contribution in [2.24, 2.45) is 0 Å². The van der Waals surface area contributed by atoms with Crippen LogP contribution >= 0.6 is 23.2 Å². The summed E-state index contributed by atoms with van der Waals surface area (Å²) in [5.74, 6) is 0.409. The minimum atomic E-state index is 0.409. The summed E-state index contributed by atoms with van der Waals surface area (Å²) in [5, 5.41) is 0.709. The largest absolute Gasteiger partial charge is 0.370 e. The standard InChI is InChI=1S/C14H14Cl2N2/c1-18(10-11-4-3-7-17-9-11)14-6-2-5-13(16)12(14)8-15/h2-7,9H,8,10H2,1H3. The van der Waals surface area contributed by atoms with Crippen molar-refractivity contribution in [3.8, 4) is 0 Å². The molecule has 0 amide bonds. The highest BCUT2D eigenvalue weighted by Gasteiger charge is 2.10. The van der Waals surface area contributed by atoms with E-state index in [2.05, 4.69) is 16.0 Å². The Kier molecular flexibility index (Phi) is 4.45. The Bertz CT molecular complexity index is 514. The van der Waals surface area contributed by atoms with E-state index in [-0.39, 0.29) is 0 Å². The number of benzene rings is 1. The molecule has 1 heterocycles. The van der Waals surface area contributed by atoms with E-state index in [1.54, 1.807) is 6.20 Å². The quantitative estimate of drug-likeness (QED) is 0.784. The van der Waals surface area contributed by atoms with Gasteiger partial charge in [0.25, 0.3) is 0 Å². The Morgan fingerprint density at radius 1 is 1.22 bits per heavy atom. The summed E-state index contributed by atoms with van der Waals surface area (Å²) < 4.78 is 0. The molecule has 0 aliphatic carbocycles. The van der Waals surface area contributed by atoms with E-state index in [1.165, 1.54) is 0 Å². The molecule has 0 fully saturated rings. The average molecular weight is 281 g/mol. The Labute approximate surface area is 117 Å². The maximum Gasteiger partial charge on any atom is 0.0509 e. The number of rotatable bonds is 4. The summed E-state index contributed by atoms with van der Waals surface area (Å²) in [6.45, 7) is 0.776. The first-order valence-corrected chi connectivity index (χ1v) is 6.57. The van der Waals surface area contributed by atoms with Gasteiger partial charge in [0.2, 0.25) is 0 Å². The molecule has 1 aromatic heterocycles. The molecule has 2 aromatic rings. The van der Waals surface area contributed by atoms with Crippen molar-refractivity contribution < 1.29 is 0 Å². The van der Waals surface area contributed by atoms with E-state index >= 15 is 0 Å². The molecule has 0 aliphatic heterocycles. The van der Waals surface area contributed by atoms with Crippen molar-refractivity contribution in [3.63, 3.8) is 0 Å². The van der Waals surface area contributed by atoms with Gasteiger partial charge in [-0.1, -0.05) is 23.7 Å². The van der Waals surface area contributed by atoms with Gasteiger partial charge in [-0.05, 0) is 23.8 Å². The van der Waals surface area contributed by atoms with Crippen molar-refractivity contribution in [3.05, 3.63) is 58.9 Å². The third-order valence-electron chi connectivity index (χ3n) is 2.78. The number of hydrogen-bond acceptors (Lipinski definition) is 2. The first kappa shape index (κ1) is 13.2. The Hall–Kier alpha value is -1.25. The van der Waals surface area contributed by atoms with Gasteiger partial charge in [0, 0.05) is 42.3 Å². The highest BCUT2D eigenvalue weighted by atomic mass is 35.5. The number of halogens is 2. The minimum Gasteiger partial charge on any atom is -0.370 e. The molecule has 4 heteroatoms. The lowest BCUT2D eigenvalue weighted by Gasteiger charge is -2.22. The van der Waals surface area contributed by atoms with Gasteiger partial charge in [-0.15, -0.1) is 11.6 Å². The molecule has 0 spiro atoms. The van der Waals surface area contributed by atoms with E-state index in [0.717, 1.165) is 23.4 Å². The van der Waals surface area contributed by atoms with Crippen LogP contribution in [0.15, 0.2) is 42.7 Å². The van der Waals surface area contributed by atoms with E-state index < -0.39 is 0 Å². The molecule has 2 nitrogen and oxygen atoms in total. The summed E-state index contributed by atoms with van der Waals surface area (Å²) in [5.41, 5.74) is 3.18. The molecule has 94 valence electrons. The predicted octanol–water partition coefficient (Wildman–Crippen LogP) is 4.11. The van der Waals surface area contributed by atoms with E-state index in [1.807, 2.05) is 37.5 Å². The number of pyridine rings is 1. The van der Waals surface area contributed by atoms with Crippen LogP contribution in [0.1, 0.15) is 11.1 Å². The second-order valence-electron chi connectivity index (χ2n) is 4.09. The van der Waals surface area contributed by atoms with Crippen LogP contribution < -0.4 is 4.90 Å². The predicted molar refractivity (Wildman–Crippen MR) is 77.4 cm³/mol. The van der Waals surface area contributed by atoms with Gasteiger partial charge >= 0.3 is 0 Å². The molecule has 1 aromatic carbocycles. The van der Waals surface area contributed by atoms with Gasteiger partial charge in [-0.25, -0.2) is 0 Å². The second kappa shape index (κ2) is 6.07. The van der Waals surface area contributed by atoms with Crippen LogP contribution in [0.2, 0.25) is 5.02 Å². The first-order chi connectivity index (χ1) is 8.72. The zero-order chi connectivity index (χ0) is 13.0. The monoisotopic (exact) mass is 280 g/mol. The Morgan fingerprint density at radius 2 is 2.06 bits per heavy atom. The third kappa shape index (κ3) is 2.95. The van der Waals surface area contributed by atoms with Crippen LogP contribution in [0.5, 0.6) is 0 Å². The van der Waals surface area contributed by atoms with Crippen molar-refractivity contribution in [2.75, 3.05) is 11.9 Å². The fourth-order valence-electron chi connectivity index (χ4n) is 1.89. The maximum atomic E-state index is 6.15. The highest BCUT2D eigenvalue weighted by Crippen LogP contribution is 2.29. The molecule has 0 bridgehead atoms. The number of nitrogens with zero attached hydrogens (tertiary/aromatic N) is 2. The molecule has 0 unspecified atom stereocenters. The van der Waals surface area contributed by atoms with Crippen LogP contribution in [0.25, 0.3) is 0 Å². The fraction of sp³-hybridized carbons (Fsp3) is 0.214. The summed E-state index contributed by atoms with van der Waals surface area (Å²) in [6.07, 6.45) is 3.63. The lowest BCUT2D eigenvalue weighted by Crippen LogP contribution is -2.18. The van der Waals surface area contributed by atoms with Crippen LogP contribution in [0.4, 0.5) is 5.69 Å². The maximum absolute atomic E-state index is 6.15. The second-order valence-corrected chi connectivity index (χ2v) is 4.76. The van der Waals surface area contributed by atoms with Crippen LogP contribution in [0, 0.1) is 0 Å². The molecule has 0 aliphatic rings. The first-order valence-electron chi connectivity index (χ1n) is 5.65. The molecule has 0 N–H and O–H groups in total. The average Bonchev–Trinajstić information content (AvgIpc) is 2.39. The minimum absolute atomic E-state index is 0.409. The summed E-state index contributed by atoms with van der Waals surface area (Å²) in [4.78, 5) is 6.24. The molecule has 0 saturated carbocycles. The topological polar surface area (TPSA) is 16.1 Å². The molecular formula is C14H14Cl2N2. The fourth-order valence-corrected chi connectivity index (χ4v) is 2.47. The van der Waals surface area contributed by atoms with Gasteiger partial charge in [0.1, 0.15) is 0 Å². The summed E-state index contributed by atoms with van der Waals surface area (Å²) in [7, 11) is 2.02. The number of alkyl halides is 1. The lowest BCUT2D eigenvalue weighted by atomic mass is 10.1. The van der Waals surface area contributed by atoms with E-state index in [4.69, 9.17) is 23.2 Å². The van der Waals surface area contributed by atoms with Crippen LogP contribution in [-0.2, 0) is 12.4 Å². The number of aromatic nitrogens is 1. The van der Waals surface area contributed by atoms with Gasteiger partial charge < -0.3 is 4.90 Å². The molecular weight excluding hydrogens is 267 g/mol. The zero-order valence-electron chi connectivity index (χ0n) is 10.1. The Morgan fingerprint density at radius 3 is 2.72 bits per heavy atom. The highest BCUT2D eigenvalue weighted by molar-refractivity contribution is 6.32. The summed E-state index contributed by atoms with van der Waals surface area (Å²) >= 11 is 12.1. The normalized spacial score (nSPS) is 10.4. The molecule has 0 saturated heterocycles. The lowest BCUT2D eigenvalue weighted by molar-refractivity contribution is 0.909. The van der Waals surface area contributed by atoms with Gasteiger partial charge in [-0.3, -0.25) is 4.98 Å². The molecule has 2 rings (SSSR count). The van der Waals surface area contributed by atoms with Crippen LogP contribution in [0.3, 0.4) is 0 Å². The molecule has 0 atom stereocenters. The van der Waals surface area contributed by atoms with Crippen molar-refractivity contribution >= 4 is 28.9 Å². The third-order valence-corrected chi connectivity index (χ3v) is 3.40. The zero-order valence-corrected chi connectivity index (χ0v) is 11.6. The number of anilines is 1. The molecule has 0 radical (unpaired) electrons. The van der Waals surface area contributed by atoms with Crippen molar-refractivity contribution in [1.29, 1.82) is 0 Å². The van der Waals surface area contributed by atoms with Crippen molar-refractivity contribution in [1.82, 2.24) is 4.98 Å². The SMILES string of the molecule is CN(Cc1cccnc1)c1cccc(Cl)c1CCl. The van der Waals surface area contributed by atoms with Gasteiger partial charge in [0.05, 0.1) is 5.88 Å². The number of hydrogen-bond donors (Lipinski definition) is 0. The van der Waals surface area contributed by atoms with E-state index in [0.29, 0.717) is 10.9 Å². The summed E-state index contributed by atoms with van der Waals surface area (Å²) in [6, 6.07) is 9.81. The molecule has 18 heavy (non-hydrogen) atoms. The van der Waals surface area contributed by atoms with Gasteiger partial charge in [-0.2, -0.15) is 0 Å².